The molecule has 0 radical (unpaired) electrons. The molecule has 0 saturated carbocycles. The summed E-state index contributed by atoms with van der Waals surface area (Å²) in [6, 6.07) is 9.18. The molecule has 0 fully saturated rings. The average molecular weight is 258 g/mol. The van der Waals surface area contributed by atoms with Crippen molar-refractivity contribution >= 4 is 16.8 Å². The van der Waals surface area contributed by atoms with E-state index in [-0.39, 0.29) is 18.6 Å². The molecule has 2 rings (SSSR count). The Morgan fingerprint density at radius 3 is 2.79 bits per heavy atom. The van der Waals surface area contributed by atoms with E-state index in [9.17, 15) is 4.79 Å². The number of likely N-dealkylation sites (N-methyl/N-ethyl adjacent to an activating group) is 1. The first-order chi connectivity index (χ1) is 9.04. The lowest BCUT2D eigenvalue weighted by Gasteiger charge is -2.24. The van der Waals surface area contributed by atoms with Crippen molar-refractivity contribution in [2.45, 2.75) is 19.9 Å². The zero-order chi connectivity index (χ0) is 14.0. The smallest absolute Gasteiger partial charge is 0.254 e. The molecular formula is C15H18N2O2. The zero-order valence-electron chi connectivity index (χ0n) is 11.4. The van der Waals surface area contributed by atoms with Crippen LogP contribution in [0.15, 0.2) is 30.3 Å². The number of benzene rings is 1. The highest BCUT2D eigenvalue weighted by molar-refractivity contribution is 6.06. The second kappa shape index (κ2) is 5.36. The van der Waals surface area contributed by atoms with Gasteiger partial charge in [-0.15, -0.1) is 0 Å². The Kier molecular flexibility index (Phi) is 3.81. The number of fused-ring (bicyclic) bond motifs is 1. The Balaban J connectivity index is 2.53. The first kappa shape index (κ1) is 13.5. The van der Waals surface area contributed by atoms with Gasteiger partial charge in [-0.3, -0.25) is 9.78 Å². The topological polar surface area (TPSA) is 53.4 Å². The molecule has 0 aliphatic rings. The van der Waals surface area contributed by atoms with Crippen molar-refractivity contribution in [3.63, 3.8) is 0 Å². The van der Waals surface area contributed by atoms with Crippen molar-refractivity contribution in [3.8, 4) is 0 Å². The van der Waals surface area contributed by atoms with Gasteiger partial charge in [0.25, 0.3) is 5.91 Å². The molecule has 1 aromatic carbocycles. The molecule has 1 N–H and O–H groups in total. The van der Waals surface area contributed by atoms with Crippen LogP contribution in [0.5, 0.6) is 0 Å². The van der Waals surface area contributed by atoms with E-state index in [1.807, 2.05) is 38.1 Å². The summed E-state index contributed by atoms with van der Waals surface area (Å²) in [4.78, 5) is 18.5. The average Bonchev–Trinajstić information content (AvgIpc) is 2.43. The second-order valence-corrected chi connectivity index (χ2v) is 4.78. The number of aryl methyl sites for hydroxylation is 1. The molecule has 0 bridgehead atoms. The number of amides is 1. The lowest BCUT2D eigenvalue weighted by molar-refractivity contribution is 0.0684. The van der Waals surface area contributed by atoms with E-state index in [2.05, 4.69) is 4.98 Å². The van der Waals surface area contributed by atoms with E-state index in [0.717, 1.165) is 16.6 Å². The van der Waals surface area contributed by atoms with Gasteiger partial charge in [0.15, 0.2) is 0 Å². The van der Waals surface area contributed by atoms with Crippen molar-refractivity contribution in [3.05, 3.63) is 41.6 Å². The van der Waals surface area contributed by atoms with Crippen LogP contribution in [0.2, 0.25) is 0 Å². The summed E-state index contributed by atoms with van der Waals surface area (Å²) in [5.74, 6) is -0.0942. The fraction of sp³-hybridized carbons (Fsp3) is 0.333. The van der Waals surface area contributed by atoms with Crippen LogP contribution < -0.4 is 0 Å². The molecule has 0 aliphatic carbocycles. The van der Waals surface area contributed by atoms with Crippen LogP contribution in [0.4, 0.5) is 0 Å². The van der Waals surface area contributed by atoms with Gasteiger partial charge in [-0.25, -0.2) is 0 Å². The molecule has 1 atom stereocenters. The summed E-state index contributed by atoms with van der Waals surface area (Å²) in [7, 11) is 1.70. The molecule has 1 unspecified atom stereocenters. The largest absolute Gasteiger partial charge is 0.394 e. The van der Waals surface area contributed by atoms with E-state index in [1.54, 1.807) is 18.0 Å². The molecule has 1 amide bonds. The standard InChI is InChI=1S/C15H18N2O2/c1-10-8-13(15(19)17(3)11(2)9-18)12-6-4-5-7-14(12)16-10/h4-8,11,18H,9H2,1-3H3. The molecular weight excluding hydrogens is 240 g/mol. The number of hydrogen-bond donors (Lipinski definition) is 1. The Hall–Kier alpha value is -1.94. The molecule has 0 spiro atoms. The van der Waals surface area contributed by atoms with Crippen molar-refractivity contribution in [2.75, 3.05) is 13.7 Å². The SMILES string of the molecule is Cc1cc(C(=O)N(C)C(C)CO)c2ccccc2n1. The maximum absolute atomic E-state index is 12.5. The van der Waals surface area contributed by atoms with Gasteiger partial charge in [-0.05, 0) is 26.0 Å². The predicted molar refractivity (Wildman–Crippen MR) is 75.1 cm³/mol. The summed E-state index contributed by atoms with van der Waals surface area (Å²) >= 11 is 0. The van der Waals surface area contributed by atoms with Gasteiger partial charge in [0.1, 0.15) is 0 Å². The normalized spacial score (nSPS) is 12.4. The monoisotopic (exact) mass is 258 g/mol. The quantitative estimate of drug-likeness (QED) is 0.916. The van der Waals surface area contributed by atoms with Gasteiger partial charge < -0.3 is 10.0 Å². The van der Waals surface area contributed by atoms with Crippen LogP contribution in [0.1, 0.15) is 23.0 Å². The highest BCUT2D eigenvalue weighted by Gasteiger charge is 2.19. The zero-order valence-corrected chi connectivity index (χ0v) is 11.4. The lowest BCUT2D eigenvalue weighted by Crippen LogP contribution is -2.37. The van der Waals surface area contributed by atoms with E-state index < -0.39 is 0 Å². The minimum atomic E-state index is -0.209. The third-order valence-corrected chi connectivity index (χ3v) is 3.32. The van der Waals surface area contributed by atoms with Crippen molar-refractivity contribution in [2.24, 2.45) is 0 Å². The van der Waals surface area contributed by atoms with Gasteiger partial charge in [0.2, 0.25) is 0 Å². The molecule has 2 aromatic rings. The lowest BCUT2D eigenvalue weighted by atomic mass is 10.1. The van der Waals surface area contributed by atoms with Gasteiger partial charge >= 0.3 is 0 Å². The number of hydrogen-bond acceptors (Lipinski definition) is 3. The fourth-order valence-corrected chi connectivity index (χ4v) is 2.00. The third-order valence-electron chi connectivity index (χ3n) is 3.32. The molecule has 4 nitrogen and oxygen atoms in total. The van der Waals surface area contributed by atoms with Crippen molar-refractivity contribution in [1.29, 1.82) is 0 Å². The summed E-state index contributed by atoms with van der Waals surface area (Å²) in [6.07, 6.45) is 0. The van der Waals surface area contributed by atoms with Crippen LogP contribution in [0.25, 0.3) is 10.9 Å². The molecule has 0 aliphatic heterocycles. The molecule has 100 valence electrons. The number of aliphatic hydroxyl groups excluding tert-OH is 1. The minimum absolute atomic E-state index is 0.0514. The number of para-hydroxylation sites is 1. The number of rotatable bonds is 3. The fourth-order valence-electron chi connectivity index (χ4n) is 2.00. The Labute approximate surface area is 112 Å². The maximum Gasteiger partial charge on any atom is 0.254 e. The van der Waals surface area contributed by atoms with Gasteiger partial charge in [0.05, 0.1) is 23.7 Å². The Morgan fingerprint density at radius 1 is 1.42 bits per heavy atom. The van der Waals surface area contributed by atoms with Gasteiger partial charge in [-0.1, -0.05) is 18.2 Å². The van der Waals surface area contributed by atoms with E-state index in [4.69, 9.17) is 5.11 Å². The minimum Gasteiger partial charge on any atom is -0.394 e. The van der Waals surface area contributed by atoms with Crippen LogP contribution in [-0.2, 0) is 0 Å². The number of pyridine rings is 1. The van der Waals surface area contributed by atoms with Gasteiger partial charge in [0, 0.05) is 18.1 Å². The Morgan fingerprint density at radius 2 is 2.11 bits per heavy atom. The van der Waals surface area contributed by atoms with Gasteiger partial charge in [-0.2, -0.15) is 0 Å². The second-order valence-electron chi connectivity index (χ2n) is 4.78. The molecule has 4 heteroatoms. The highest BCUT2D eigenvalue weighted by Crippen LogP contribution is 2.20. The maximum atomic E-state index is 12.5. The number of aliphatic hydroxyl groups is 1. The van der Waals surface area contributed by atoms with Crippen LogP contribution in [-0.4, -0.2) is 40.6 Å². The summed E-state index contributed by atoms with van der Waals surface area (Å²) < 4.78 is 0. The van der Waals surface area contributed by atoms with E-state index in [1.165, 1.54) is 0 Å². The van der Waals surface area contributed by atoms with E-state index in [0.29, 0.717) is 5.56 Å². The van der Waals surface area contributed by atoms with Crippen LogP contribution >= 0.6 is 0 Å². The number of nitrogens with zero attached hydrogens (tertiary/aromatic N) is 2. The summed E-state index contributed by atoms with van der Waals surface area (Å²) in [5, 5.41) is 10.0. The Bertz CT molecular complexity index is 610. The van der Waals surface area contributed by atoms with E-state index >= 15 is 0 Å². The molecule has 1 aromatic heterocycles. The predicted octanol–water partition coefficient (Wildman–Crippen LogP) is 2.00. The summed E-state index contributed by atoms with van der Waals surface area (Å²) in [6.45, 7) is 3.64. The summed E-state index contributed by atoms with van der Waals surface area (Å²) in [5.41, 5.74) is 2.26. The van der Waals surface area contributed by atoms with Crippen LogP contribution in [0.3, 0.4) is 0 Å². The van der Waals surface area contributed by atoms with Crippen molar-refractivity contribution in [1.82, 2.24) is 9.88 Å². The third kappa shape index (κ3) is 2.58. The molecule has 19 heavy (non-hydrogen) atoms. The number of carbonyl (C=O) groups excluding carboxylic acids is 1. The first-order valence-corrected chi connectivity index (χ1v) is 6.29. The highest BCUT2D eigenvalue weighted by atomic mass is 16.3. The number of carbonyl (C=O) groups is 1. The number of aromatic nitrogens is 1. The first-order valence-electron chi connectivity index (χ1n) is 6.29. The molecule has 0 saturated heterocycles. The van der Waals surface area contributed by atoms with Crippen LogP contribution in [0, 0.1) is 6.92 Å². The van der Waals surface area contributed by atoms with Crippen molar-refractivity contribution < 1.29 is 9.90 Å². The molecule has 1 heterocycles.